The minimum Gasteiger partial charge on any atom is -0.466 e. The second-order valence-corrected chi connectivity index (χ2v) is 20.1. The summed E-state index contributed by atoms with van der Waals surface area (Å²) in [7, 11) is -10.6. The van der Waals surface area contributed by atoms with Gasteiger partial charge in [0.05, 0.1) is 19.6 Å². The first kappa shape index (κ1) is 59.0. The van der Waals surface area contributed by atoms with Gasteiger partial charge in [-0.15, -0.1) is 0 Å². The topological polar surface area (TPSA) is 273 Å². The van der Waals surface area contributed by atoms with E-state index in [1.54, 1.807) is 0 Å². The zero-order valence-corrected chi connectivity index (χ0v) is 39.9. The molecule has 0 aromatic carbocycles. The molecule has 0 aromatic heterocycles. The van der Waals surface area contributed by atoms with Gasteiger partial charge in [-0.1, -0.05) is 154 Å². The lowest BCUT2D eigenvalue weighted by molar-refractivity contribution is -0.216. The van der Waals surface area contributed by atoms with Crippen LogP contribution in [0.4, 0.5) is 0 Å². The highest BCUT2D eigenvalue weighted by molar-refractivity contribution is 8.13. The molecule has 0 radical (unpaired) electrons. The van der Waals surface area contributed by atoms with Crippen LogP contribution >= 0.6 is 27.4 Å². The SMILES string of the molecule is CCCCCCCCCCCCCCCC(=O)O[C@@H](COP(=O)(O)OC1C(O)[C@H](O)C(OP(=O)(O)O)[C@H](O)[C@@H]1O)CC(=O)OCCCCCCCCCCCCSC(=O)CCC. The Morgan fingerprint density at radius 1 is 0.548 bits per heavy atom. The van der Waals surface area contributed by atoms with Crippen molar-refractivity contribution in [3.05, 3.63) is 0 Å². The number of carbonyl (C=O) groups is 3. The summed E-state index contributed by atoms with van der Waals surface area (Å²) in [6.07, 6.45) is 10.9. The van der Waals surface area contributed by atoms with Crippen molar-refractivity contribution in [2.45, 2.75) is 230 Å². The number of unbranched alkanes of at least 4 members (excludes halogenated alkanes) is 21. The summed E-state index contributed by atoms with van der Waals surface area (Å²) in [4.78, 5) is 65.7. The second-order valence-electron chi connectivity index (χ2n) is 16.4. The third-order valence-electron chi connectivity index (χ3n) is 10.7. The van der Waals surface area contributed by atoms with Crippen LogP contribution in [0.25, 0.3) is 0 Å². The number of esters is 2. The molecule has 1 rings (SSSR count). The average Bonchev–Trinajstić information content (AvgIpc) is 3.21. The fraction of sp³-hybridized carbons (Fsp3) is 0.929. The standard InChI is InChI=1S/C42H80O17P2S/c1-3-5-6-7-8-9-10-11-12-15-18-21-24-28-34(43)57-33(31-35(44)55-29-25-22-19-16-13-14-17-20-23-26-30-62-36(45)27-4-2)32-56-61(53,54)59-42-39(48)37(46)41(38(47)40(42)49)58-60(50,51)52/h33,37-42,46-49H,3-32H2,1-2H3,(H,53,54)(H2,50,51,52)/t33-,37-,38+,39+,40?,41?,42?/m1/s1. The van der Waals surface area contributed by atoms with Gasteiger partial charge < -0.3 is 44.6 Å². The molecular formula is C42H80O17P2S. The number of hydrogen-bond donors (Lipinski definition) is 7. The number of carbonyl (C=O) groups excluding carboxylic acids is 3. The lowest BCUT2D eigenvalue weighted by atomic mass is 9.85. The maximum absolute atomic E-state index is 12.9. The van der Waals surface area contributed by atoms with Crippen molar-refractivity contribution in [2.75, 3.05) is 19.0 Å². The molecular weight excluding hydrogens is 870 g/mol. The normalized spacial score (nSPS) is 22.0. The van der Waals surface area contributed by atoms with Crippen LogP contribution < -0.4 is 0 Å². The lowest BCUT2D eigenvalue weighted by Gasteiger charge is -2.43. The number of aliphatic hydroxyl groups is 4. The highest BCUT2D eigenvalue weighted by Gasteiger charge is 2.54. The van der Waals surface area contributed by atoms with Crippen molar-refractivity contribution in [1.82, 2.24) is 0 Å². The van der Waals surface area contributed by atoms with E-state index in [2.05, 4.69) is 11.4 Å². The largest absolute Gasteiger partial charge is 0.472 e. The molecule has 0 amide bonds. The number of ether oxygens (including phenoxy) is 2. The van der Waals surface area contributed by atoms with Crippen LogP contribution in [0, 0.1) is 0 Å². The Kier molecular flexibility index (Phi) is 33.6. The molecule has 17 nitrogen and oxygen atoms in total. The number of aliphatic hydroxyl groups excluding tert-OH is 4. The van der Waals surface area contributed by atoms with Crippen LogP contribution in [0.1, 0.15) is 187 Å². The fourth-order valence-corrected chi connectivity index (χ4v) is 9.59. The van der Waals surface area contributed by atoms with E-state index in [4.69, 9.17) is 28.3 Å². The second kappa shape index (κ2) is 35.2. The Morgan fingerprint density at radius 2 is 0.984 bits per heavy atom. The van der Waals surface area contributed by atoms with Crippen molar-refractivity contribution in [3.8, 4) is 0 Å². The Hall–Kier alpha value is -0.980. The highest BCUT2D eigenvalue weighted by atomic mass is 32.2. The minimum absolute atomic E-state index is 0.0329. The molecule has 1 fully saturated rings. The van der Waals surface area contributed by atoms with Gasteiger partial charge in [-0.25, -0.2) is 9.13 Å². The van der Waals surface area contributed by atoms with E-state index >= 15 is 0 Å². The van der Waals surface area contributed by atoms with Crippen molar-refractivity contribution in [1.29, 1.82) is 0 Å². The van der Waals surface area contributed by atoms with E-state index in [9.17, 15) is 48.8 Å². The van der Waals surface area contributed by atoms with E-state index < -0.39 is 83.3 Å². The maximum atomic E-state index is 12.9. The predicted molar refractivity (Wildman–Crippen MR) is 236 cm³/mol. The molecule has 1 aliphatic carbocycles. The van der Waals surface area contributed by atoms with E-state index in [0.29, 0.717) is 19.3 Å². The molecule has 366 valence electrons. The van der Waals surface area contributed by atoms with Crippen LogP contribution in [0.15, 0.2) is 0 Å². The average molecular weight is 951 g/mol. The lowest BCUT2D eigenvalue weighted by Crippen LogP contribution is -2.64. The van der Waals surface area contributed by atoms with Gasteiger partial charge in [0.25, 0.3) is 0 Å². The molecule has 7 N–H and O–H groups in total. The number of thioether (sulfide) groups is 1. The summed E-state index contributed by atoms with van der Waals surface area (Å²) in [6.45, 7) is 3.49. The van der Waals surface area contributed by atoms with Gasteiger partial charge in [0, 0.05) is 18.6 Å². The Labute approximate surface area is 374 Å². The summed E-state index contributed by atoms with van der Waals surface area (Å²) >= 11 is 1.44. The summed E-state index contributed by atoms with van der Waals surface area (Å²) in [6, 6.07) is 0. The van der Waals surface area contributed by atoms with Crippen molar-refractivity contribution >= 4 is 44.5 Å². The first-order chi connectivity index (χ1) is 29.5. The first-order valence-electron chi connectivity index (χ1n) is 23.1. The van der Waals surface area contributed by atoms with E-state index in [1.807, 2.05) is 6.92 Å². The maximum Gasteiger partial charge on any atom is 0.472 e. The molecule has 0 aromatic rings. The van der Waals surface area contributed by atoms with E-state index in [1.165, 1.54) is 63.1 Å². The van der Waals surface area contributed by atoms with Gasteiger partial charge in [0.15, 0.2) is 5.12 Å². The molecule has 1 saturated carbocycles. The summed E-state index contributed by atoms with van der Waals surface area (Å²) in [5, 5.41) is 41.7. The van der Waals surface area contributed by atoms with Gasteiger partial charge in [0.2, 0.25) is 0 Å². The Morgan fingerprint density at radius 3 is 1.45 bits per heavy atom. The zero-order chi connectivity index (χ0) is 46.2. The van der Waals surface area contributed by atoms with Crippen LogP contribution in [0.2, 0.25) is 0 Å². The van der Waals surface area contributed by atoms with Gasteiger partial charge in [-0.05, 0) is 25.7 Å². The summed E-state index contributed by atoms with van der Waals surface area (Å²) < 4.78 is 49.1. The Bertz CT molecular complexity index is 1270. The van der Waals surface area contributed by atoms with Gasteiger partial charge in [0.1, 0.15) is 42.7 Å². The van der Waals surface area contributed by atoms with Crippen LogP contribution in [0.3, 0.4) is 0 Å². The molecule has 4 unspecified atom stereocenters. The van der Waals surface area contributed by atoms with Gasteiger partial charge in [-0.3, -0.25) is 28.0 Å². The molecule has 20 heteroatoms. The third kappa shape index (κ3) is 29.5. The van der Waals surface area contributed by atoms with Gasteiger partial charge in [-0.2, -0.15) is 0 Å². The van der Waals surface area contributed by atoms with Crippen LogP contribution in [-0.4, -0.2) is 114 Å². The van der Waals surface area contributed by atoms with Crippen molar-refractivity contribution in [3.63, 3.8) is 0 Å². The molecule has 0 heterocycles. The number of phosphoric ester groups is 2. The number of phosphoric acid groups is 2. The minimum atomic E-state index is -5.31. The van der Waals surface area contributed by atoms with Gasteiger partial charge >= 0.3 is 27.6 Å². The van der Waals surface area contributed by atoms with Crippen molar-refractivity contribution in [2.24, 2.45) is 0 Å². The zero-order valence-electron chi connectivity index (χ0n) is 37.3. The Balaban J connectivity index is 2.56. The van der Waals surface area contributed by atoms with Crippen LogP contribution in [0.5, 0.6) is 0 Å². The van der Waals surface area contributed by atoms with Crippen molar-refractivity contribution < 1.29 is 81.7 Å². The highest BCUT2D eigenvalue weighted by Crippen LogP contribution is 2.48. The number of rotatable bonds is 39. The summed E-state index contributed by atoms with van der Waals surface area (Å²) in [5.74, 6) is -0.512. The fourth-order valence-electron chi connectivity index (χ4n) is 7.13. The molecule has 0 spiro atoms. The number of hydrogen-bond acceptors (Lipinski definition) is 15. The quantitative estimate of drug-likeness (QED) is 0.0176. The predicted octanol–water partition coefficient (Wildman–Crippen LogP) is 7.71. The molecule has 0 aliphatic heterocycles. The van der Waals surface area contributed by atoms with Crippen LogP contribution in [-0.2, 0) is 46.6 Å². The smallest absolute Gasteiger partial charge is 0.466 e. The molecule has 0 bridgehead atoms. The molecule has 8 atom stereocenters. The molecule has 1 aliphatic rings. The molecule has 0 saturated heterocycles. The molecule has 62 heavy (non-hydrogen) atoms. The monoisotopic (exact) mass is 950 g/mol. The first-order valence-corrected chi connectivity index (χ1v) is 27.1. The van der Waals surface area contributed by atoms with E-state index in [-0.39, 0.29) is 18.1 Å². The third-order valence-corrected chi connectivity index (χ3v) is 13.2. The summed E-state index contributed by atoms with van der Waals surface area (Å²) in [5.41, 5.74) is 0. The van der Waals surface area contributed by atoms with E-state index in [0.717, 1.165) is 95.6 Å².